The molecule has 0 heterocycles. The average molecular weight is 239 g/mol. The number of carboxylic acid groups (broad SMARTS) is 1. The predicted molar refractivity (Wildman–Crippen MR) is 66.1 cm³/mol. The van der Waals surface area contributed by atoms with E-state index in [1.807, 2.05) is 0 Å². The SMILES string of the molecule is CN(CC(C)(C)C)c1ccc(C(=O)O)cc1F. The van der Waals surface area contributed by atoms with Gasteiger partial charge in [-0.3, -0.25) is 0 Å². The Kier molecular flexibility index (Phi) is 3.76. The molecular formula is C13H18FNO2. The monoisotopic (exact) mass is 239 g/mol. The number of carbonyl (C=O) groups is 1. The number of nitrogens with zero attached hydrogens (tertiary/aromatic N) is 1. The molecule has 0 fully saturated rings. The fraction of sp³-hybridized carbons (Fsp3) is 0.462. The number of anilines is 1. The third-order valence-corrected chi connectivity index (χ3v) is 2.32. The molecule has 17 heavy (non-hydrogen) atoms. The van der Waals surface area contributed by atoms with Crippen LogP contribution in [0.4, 0.5) is 10.1 Å². The van der Waals surface area contributed by atoms with Gasteiger partial charge in [0.25, 0.3) is 0 Å². The molecule has 0 bridgehead atoms. The lowest BCUT2D eigenvalue weighted by Gasteiger charge is -2.28. The van der Waals surface area contributed by atoms with Crippen molar-refractivity contribution in [2.24, 2.45) is 5.41 Å². The maximum absolute atomic E-state index is 13.7. The molecule has 0 aliphatic heterocycles. The second-order valence-electron chi connectivity index (χ2n) is 5.39. The second-order valence-corrected chi connectivity index (χ2v) is 5.39. The van der Waals surface area contributed by atoms with Gasteiger partial charge in [-0.05, 0) is 23.6 Å². The van der Waals surface area contributed by atoms with Crippen molar-refractivity contribution in [3.63, 3.8) is 0 Å². The lowest BCUT2D eigenvalue weighted by atomic mass is 9.96. The van der Waals surface area contributed by atoms with E-state index in [4.69, 9.17) is 5.11 Å². The van der Waals surface area contributed by atoms with Gasteiger partial charge in [0.2, 0.25) is 0 Å². The van der Waals surface area contributed by atoms with E-state index in [1.165, 1.54) is 12.1 Å². The normalized spacial score (nSPS) is 11.4. The molecule has 0 aromatic heterocycles. The lowest BCUT2D eigenvalue weighted by molar-refractivity contribution is 0.0696. The fourth-order valence-corrected chi connectivity index (χ4v) is 1.75. The van der Waals surface area contributed by atoms with E-state index in [9.17, 15) is 9.18 Å². The first-order chi connectivity index (χ1) is 7.70. The van der Waals surface area contributed by atoms with E-state index < -0.39 is 11.8 Å². The number of carboxylic acids is 1. The number of rotatable bonds is 3. The van der Waals surface area contributed by atoms with Gasteiger partial charge in [0.05, 0.1) is 11.3 Å². The molecule has 0 saturated heterocycles. The van der Waals surface area contributed by atoms with Gasteiger partial charge in [0.15, 0.2) is 0 Å². The highest BCUT2D eigenvalue weighted by Crippen LogP contribution is 2.23. The summed E-state index contributed by atoms with van der Waals surface area (Å²) in [5.74, 6) is -1.62. The Balaban J connectivity index is 2.96. The first-order valence-electron chi connectivity index (χ1n) is 5.45. The van der Waals surface area contributed by atoms with Crippen molar-refractivity contribution in [2.75, 3.05) is 18.5 Å². The third kappa shape index (κ3) is 3.73. The lowest BCUT2D eigenvalue weighted by Crippen LogP contribution is -2.29. The molecule has 3 nitrogen and oxygen atoms in total. The molecule has 0 atom stereocenters. The second kappa shape index (κ2) is 4.73. The molecule has 0 saturated carbocycles. The van der Waals surface area contributed by atoms with Crippen LogP contribution in [0.2, 0.25) is 0 Å². The zero-order valence-electron chi connectivity index (χ0n) is 10.6. The summed E-state index contributed by atoms with van der Waals surface area (Å²) in [5.41, 5.74) is 0.437. The van der Waals surface area contributed by atoms with Crippen molar-refractivity contribution in [2.45, 2.75) is 20.8 Å². The van der Waals surface area contributed by atoms with Gasteiger partial charge < -0.3 is 10.0 Å². The first-order valence-corrected chi connectivity index (χ1v) is 5.45. The molecule has 0 unspecified atom stereocenters. The van der Waals surface area contributed by atoms with Crippen molar-refractivity contribution >= 4 is 11.7 Å². The van der Waals surface area contributed by atoms with Crippen LogP contribution >= 0.6 is 0 Å². The number of benzene rings is 1. The summed E-state index contributed by atoms with van der Waals surface area (Å²) in [4.78, 5) is 12.5. The number of hydrogen-bond donors (Lipinski definition) is 1. The summed E-state index contributed by atoms with van der Waals surface area (Å²) >= 11 is 0. The van der Waals surface area contributed by atoms with Crippen LogP contribution in [0.1, 0.15) is 31.1 Å². The molecule has 0 radical (unpaired) electrons. The predicted octanol–water partition coefficient (Wildman–Crippen LogP) is 3.01. The minimum atomic E-state index is -1.12. The molecule has 4 heteroatoms. The van der Waals surface area contributed by atoms with Crippen molar-refractivity contribution in [1.29, 1.82) is 0 Å². The quantitative estimate of drug-likeness (QED) is 0.881. The van der Waals surface area contributed by atoms with Crippen LogP contribution in [0, 0.1) is 11.2 Å². The van der Waals surface area contributed by atoms with Crippen molar-refractivity contribution in [3.05, 3.63) is 29.6 Å². The molecule has 0 spiro atoms. The Bertz CT molecular complexity index is 424. The van der Waals surface area contributed by atoms with Crippen molar-refractivity contribution in [1.82, 2.24) is 0 Å². The van der Waals surface area contributed by atoms with Crippen LogP contribution < -0.4 is 4.90 Å². The summed E-state index contributed by atoms with van der Waals surface area (Å²) in [6.07, 6.45) is 0. The molecule has 1 aromatic carbocycles. The Hall–Kier alpha value is -1.58. The Morgan fingerprint density at radius 2 is 2.00 bits per heavy atom. The zero-order valence-corrected chi connectivity index (χ0v) is 10.6. The van der Waals surface area contributed by atoms with Crippen LogP contribution in [0.3, 0.4) is 0 Å². The summed E-state index contributed by atoms with van der Waals surface area (Å²) in [6, 6.07) is 3.97. The maximum atomic E-state index is 13.7. The largest absolute Gasteiger partial charge is 0.478 e. The van der Waals surface area contributed by atoms with E-state index >= 15 is 0 Å². The van der Waals surface area contributed by atoms with Crippen LogP contribution in [0.15, 0.2) is 18.2 Å². The van der Waals surface area contributed by atoms with Crippen LogP contribution in [-0.2, 0) is 0 Å². The Labute approximate surface area is 101 Å². The first kappa shape index (κ1) is 13.5. The molecule has 0 aliphatic rings. The van der Waals surface area contributed by atoms with Gasteiger partial charge in [0.1, 0.15) is 5.82 Å². The van der Waals surface area contributed by atoms with E-state index in [-0.39, 0.29) is 11.0 Å². The Morgan fingerprint density at radius 1 is 1.41 bits per heavy atom. The van der Waals surface area contributed by atoms with Crippen molar-refractivity contribution in [3.8, 4) is 0 Å². The van der Waals surface area contributed by atoms with Gasteiger partial charge >= 0.3 is 5.97 Å². The third-order valence-electron chi connectivity index (χ3n) is 2.32. The molecule has 0 aliphatic carbocycles. The van der Waals surface area contributed by atoms with Crippen molar-refractivity contribution < 1.29 is 14.3 Å². The minimum absolute atomic E-state index is 0.0320. The smallest absolute Gasteiger partial charge is 0.335 e. The maximum Gasteiger partial charge on any atom is 0.335 e. The summed E-state index contributed by atoms with van der Waals surface area (Å²) in [7, 11) is 1.80. The van der Waals surface area contributed by atoms with Gasteiger partial charge in [-0.15, -0.1) is 0 Å². The number of hydrogen-bond acceptors (Lipinski definition) is 2. The van der Waals surface area contributed by atoms with E-state index in [0.717, 1.165) is 6.07 Å². The van der Waals surface area contributed by atoms with Crippen LogP contribution in [0.5, 0.6) is 0 Å². The average Bonchev–Trinajstić information content (AvgIpc) is 2.14. The summed E-state index contributed by atoms with van der Waals surface area (Å²) < 4.78 is 13.7. The van der Waals surface area contributed by atoms with Crippen LogP contribution in [-0.4, -0.2) is 24.7 Å². The highest BCUT2D eigenvalue weighted by Gasteiger charge is 2.17. The zero-order chi connectivity index (χ0) is 13.2. The van der Waals surface area contributed by atoms with Crippen LogP contribution in [0.25, 0.3) is 0 Å². The van der Waals surface area contributed by atoms with E-state index in [1.54, 1.807) is 11.9 Å². The summed E-state index contributed by atoms with van der Waals surface area (Å²) in [5, 5.41) is 8.74. The molecule has 0 amide bonds. The highest BCUT2D eigenvalue weighted by molar-refractivity contribution is 5.88. The molecule has 1 aromatic rings. The topological polar surface area (TPSA) is 40.5 Å². The van der Waals surface area contributed by atoms with Gasteiger partial charge in [0, 0.05) is 13.6 Å². The highest BCUT2D eigenvalue weighted by atomic mass is 19.1. The molecule has 94 valence electrons. The van der Waals surface area contributed by atoms with E-state index in [0.29, 0.717) is 12.2 Å². The Morgan fingerprint density at radius 3 is 2.41 bits per heavy atom. The minimum Gasteiger partial charge on any atom is -0.478 e. The van der Waals surface area contributed by atoms with E-state index in [2.05, 4.69) is 20.8 Å². The standard InChI is InChI=1S/C13H18FNO2/c1-13(2,3)8-15(4)11-6-5-9(12(16)17)7-10(11)14/h5-7H,8H2,1-4H3,(H,16,17). The number of halogens is 1. The van der Waals surface area contributed by atoms with Gasteiger partial charge in [-0.1, -0.05) is 20.8 Å². The fourth-order valence-electron chi connectivity index (χ4n) is 1.75. The number of aromatic carboxylic acids is 1. The molecule has 1 N–H and O–H groups in total. The van der Waals surface area contributed by atoms with Gasteiger partial charge in [-0.25, -0.2) is 9.18 Å². The molecule has 1 rings (SSSR count). The molecular weight excluding hydrogens is 221 g/mol. The summed E-state index contributed by atoms with van der Waals surface area (Å²) in [6.45, 7) is 6.88. The van der Waals surface area contributed by atoms with Gasteiger partial charge in [-0.2, -0.15) is 0 Å².